The zero-order chi connectivity index (χ0) is 27.2. The van der Waals surface area contributed by atoms with Crippen molar-refractivity contribution in [2.45, 2.75) is 31.5 Å². The predicted octanol–water partition coefficient (Wildman–Crippen LogP) is 7.15. The Labute approximate surface area is 233 Å². The Kier molecular flexibility index (Phi) is 6.20. The molecular weight excluding hydrogens is 503 g/mol. The van der Waals surface area contributed by atoms with Gasteiger partial charge in [-0.05, 0) is 71.5 Å². The van der Waals surface area contributed by atoms with E-state index in [0.717, 1.165) is 58.8 Å². The lowest BCUT2D eigenvalue weighted by atomic mass is 9.80. The second-order valence-corrected chi connectivity index (χ2v) is 10.5. The van der Waals surface area contributed by atoms with E-state index in [9.17, 15) is 0 Å². The van der Waals surface area contributed by atoms with Crippen LogP contribution in [0.5, 0.6) is 17.2 Å². The molecule has 4 aromatic carbocycles. The lowest BCUT2D eigenvalue weighted by molar-refractivity contribution is 0.124. The van der Waals surface area contributed by atoms with Crippen molar-refractivity contribution < 1.29 is 18.6 Å². The van der Waals surface area contributed by atoms with Gasteiger partial charge in [-0.15, -0.1) is 0 Å². The van der Waals surface area contributed by atoms with E-state index in [1.807, 2.05) is 36.4 Å². The van der Waals surface area contributed by atoms with Gasteiger partial charge in [-0.1, -0.05) is 48.5 Å². The molecule has 3 heterocycles. The molecule has 0 saturated heterocycles. The van der Waals surface area contributed by atoms with E-state index in [-0.39, 0.29) is 17.9 Å². The third kappa shape index (κ3) is 4.11. The molecule has 1 aromatic heterocycles. The Morgan fingerprint density at radius 3 is 2.50 bits per heavy atom. The molecule has 0 aliphatic carbocycles. The fourth-order valence-electron chi connectivity index (χ4n) is 6.49. The molecule has 0 radical (unpaired) electrons. The molecule has 40 heavy (non-hydrogen) atoms. The van der Waals surface area contributed by atoms with Crippen LogP contribution in [0.25, 0.3) is 10.9 Å². The molecule has 5 aromatic rings. The maximum Gasteiger partial charge on any atom is 0.162 e. The third-order valence-electron chi connectivity index (χ3n) is 8.41. The van der Waals surface area contributed by atoms with E-state index in [1.54, 1.807) is 26.4 Å². The number of hydrogen-bond acceptors (Lipinski definition) is 4. The number of hydrogen-bond donors (Lipinski definition) is 1. The summed E-state index contributed by atoms with van der Waals surface area (Å²) in [5, 5.41) is 1.12. The summed E-state index contributed by atoms with van der Waals surface area (Å²) < 4.78 is 33.1. The van der Waals surface area contributed by atoms with Crippen molar-refractivity contribution in [1.29, 1.82) is 0 Å². The number of ether oxygens (including phenoxy) is 3. The number of nitrogens with zero attached hydrogens (tertiary/aromatic N) is 1. The summed E-state index contributed by atoms with van der Waals surface area (Å²) in [6.07, 6.45) is 1.64. The van der Waals surface area contributed by atoms with Gasteiger partial charge >= 0.3 is 0 Å². The molecule has 2 aliphatic rings. The average molecular weight is 535 g/mol. The average Bonchev–Trinajstić information content (AvgIpc) is 3.36. The van der Waals surface area contributed by atoms with E-state index in [0.29, 0.717) is 12.2 Å². The summed E-state index contributed by atoms with van der Waals surface area (Å²) in [4.78, 5) is 6.11. The smallest absolute Gasteiger partial charge is 0.162 e. The fourth-order valence-corrected chi connectivity index (χ4v) is 6.49. The molecule has 0 saturated carbocycles. The first-order valence-corrected chi connectivity index (χ1v) is 13.7. The molecule has 0 amide bonds. The van der Waals surface area contributed by atoms with Gasteiger partial charge in [0.25, 0.3) is 0 Å². The summed E-state index contributed by atoms with van der Waals surface area (Å²) in [6.45, 7) is 1.26. The van der Waals surface area contributed by atoms with Gasteiger partial charge < -0.3 is 19.2 Å². The Balaban J connectivity index is 1.36. The van der Waals surface area contributed by atoms with Crippen LogP contribution in [0, 0.1) is 5.82 Å². The molecule has 5 nitrogen and oxygen atoms in total. The highest BCUT2D eigenvalue weighted by atomic mass is 19.1. The van der Waals surface area contributed by atoms with Crippen LogP contribution in [0.3, 0.4) is 0 Å². The molecule has 0 fully saturated rings. The van der Waals surface area contributed by atoms with Gasteiger partial charge in [0.1, 0.15) is 18.2 Å². The predicted molar refractivity (Wildman–Crippen MR) is 154 cm³/mol. The van der Waals surface area contributed by atoms with Crippen LogP contribution in [-0.2, 0) is 19.4 Å². The van der Waals surface area contributed by atoms with Crippen LogP contribution < -0.4 is 14.2 Å². The highest BCUT2D eigenvalue weighted by Gasteiger charge is 2.42. The topological polar surface area (TPSA) is 46.7 Å². The van der Waals surface area contributed by atoms with E-state index in [4.69, 9.17) is 14.2 Å². The molecule has 6 heteroatoms. The molecule has 7 rings (SSSR count). The van der Waals surface area contributed by atoms with Crippen molar-refractivity contribution in [3.05, 3.63) is 124 Å². The molecular formula is C34H31FN2O3. The summed E-state index contributed by atoms with van der Waals surface area (Å²) in [5.41, 5.74) is 7.54. The van der Waals surface area contributed by atoms with Crippen LogP contribution in [0.2, 0.25) is 0 Å². The van der Waals surface area contributed by atoms with Gasteiger partial charge in [-0.2, -0.15) is 0 Å². The van der Waals surface area contributed by atoms with Crippen LogP contribution >= 0.6 is 0 Å². The van der Waals surface area contributed by atoms with E-state index in [1.165, 1.54) is 16.7 Å². The van der Waals surface area contributed by atoms with Crippen molar-refractivity contribution in [3.8, 4) is 17.2 Å². The van der Waals surface area contributed by atoms with Crippen LogP contribution in [-0.4, -0.2) is 30.6 Å². The van der Waals surface area contributed by atoms with Crippen molar-refractivity contribution in [2.75, 3.05) is 20.8 Å². The van der Waals surface area contributed by atoms with Crippen molar-refractivity contribution in [2.24, 2.45) is 0 Å². The third-order valence-corrected chi connectivity index (χ3v) is 8.41. The second kappa shape index (κ2) is 10.0. The van der Waals surface area contributed by atoms with Crippen molar-refractivity contribution >= 4 is 10.9 Å². The summed E-state index contributed by atoms with van der Waals surface area (Å²) in [7, 11) is 3.37. The maximum atomic E-state index is 15.4. The van der Waals surface area contributed by atoms with Crippen molar-refractivity contribution in [1.82, 2.24) is 9.88 Å². The number of aromatic nitrogens is 1. The fraction of sp³-hybridized carbons (Fsp3) is 0.235. The number of rotatable bonds is 6. The second-order valence-electron chi connectivity index (χ2n) is 10.5. The SMILES string of the molecule is COc1ccc2[nH]c3c(c2c1)CC1c2cc(OCc4ccccc4)c(OC)cc2CCN1C3c1ccccc1F. The molecule has 0 spiro atoms. The highest BCUT2D eigenvalue weighted by molar-refractivity contribution is 5.87. The number of nitrogens with one attached hydrogen (secondary N) is 1. The van der Waals surface area contributed by atoms with Gasteiger partial charge in [0.2, 0.25) is 0 Å². The monoisotopic (exact) mass is 534 g/mol. The number of fused-ring (bicyclic) bond motifs is 6. The first kappa shape index (κ1) is 24.7. The van der Waals surface area contributed by atoms with Gasteiger partial charge in [0, 0.05) is 34.7 Å². The number of halogens is 1. The Hall–Kier alpha value is -4.29. The van der Waals surface area contributed by atoms with E-state index in [2.05, 4.69) is 46.3 Å². The number of benzene rings is 4. The lowest BCUT2D eigenvalue weighted by Crippen LogP contribution is -2.43. The van der Waals surface area contributed by atoms with Gasteiger partial charge in [0.05, 0.1) is 20.3 Å². The maximum absolute atomic E-state index is 15.4. The van der Waals surface area contributed by atoms with Gasteiger partial charge in [-0.25, -0.2) is 4.39 Å². The number of methoxy groups -OCH3 is 2. The van der Waals surface area contributed by atoms with E-state index >= 15 is 4.39 Å². The Morgan fingerprint density at radius 2 is 1.70 bits per heavy atom. The summed E-state index contributed by atoms with van der Waals surface area (Å²) >= 11 is 0. The van der Waals surface area contributed by atoms with Gasteiger partial charge in [-0.3, -0.25) is 4.90 Å². The largest absolute Gasteiger partial charge is 0.497 e. The molecule has 202 valence electrons. The minimum Gasteiger partial charge on any atom is -0.497 e. The first-order chi connectivity index (χ1) is 19.6. The van der Waals surface area contributed by atoms with Crippen molar-refractivity contribution in [3.63, 3.8) is 0 Å². The highest BCUT2D eigenvalue weighted by Crippen LogP contribution is 2.50. The molecule has 2 atom stereocenters. The molecule has 1 N–H and O–H groups in total. The normalized spacial score (nSPS) is 18.1. The van der Waals surface area contributed by atoms with Crippen LogP contribution in [0.15, 0.2) is 84.9 Å². The minimum absolute atomic E-state index is 0.0519. The standard InChI is InChI=1S/C34H31FN2O3/c1-38-23-12-13-29-26(17-23)27-18-30-25-19-32(40-20-21-8-4-3-5-9-21)31(39-2)16-22(25)14-15-37(30)34(33(27)36-29)24-10-6-7-11-28(24)35/h3-13,16-17,19,30,34,36H,14-15,18,20H2,1-2H3. The molecule has 0 bridgehead atoms. The summed E-state index contributed by atoms with van der Waals surface area (Å²) in [6, 6.07) is 27.5. The molecule has 2 unspecified atom stereocenters. The van der Waals surface area contributed by atoms with Gasteiger partial charge in [0.15, 0.2) is 11.5 Å². The van der Waals surface area contributed by atoms with E-state index < -0.39 is 0 Å². The lowest BCUT2D eigenvalue weighted by Gasteiger charge is -2.46. The zero-order valence-corrected chi connectivity index (χ0v) is 22.6. The summed E-state index contributed by atoms with van der Waals surface area (Å²) in [5.74, 6) is 2.08. The molecule has 2 aliphatic heterocycles. The Bertz CT molecular complexity index is 1700. The van der Waals surface area contributed by atoms with Crippen LogP contribution in [0.1, 0.15) is 45.6 Å². The zero-order valence-electron chi connectivity index (χ0n) is 22.6. The van der Waals surface area contributed by atoms with Crippen LogP contribution in [0.4, 0.5) is 4.39 Å². The number of H-pyrrole nitrogens is 1. The Morgan fingerprint density at radius 1 is 0.875 bits per heavy atom. The first-order valence-electron chi connectivity index (χ1n) is 13.7. The minimum atomic E-state index is -0.239. The quantitative estimate of drug-likeness (QED) is 0.251. The number of aromatic amines is 1.